The van der Waals surface area contributed by atoms with E-state index in [9.17, 15) is 22.0 Å². The number of pyridine rings is 3. The first-order valence-electron chi connectivity index (χ1n) is 9.30. The third kappa shape index (κ3) is 4.99. The van der Waals surface area contributed by atoms with Crippen molar-refractivity contribution in [3.05, 3.63) is 89.8 Å². The summed E-state index contributed by atoms with van der Waals surface area (Å²) >= 11 is 0. The summed E-state index contributed by atoms with van der Waals surface area (Å²) < 4.78 is 66.7. The monoisotopic (exact) mass is 549 g/mol. The summed E-state index contributed by atoms with van der Waals surface area (Å²) in [4.78, 5) is 12.1. The van der Waals surface area contributed by atoms with E-state index >= 15 is 0 Å². The van der Waals surface area contributed by atoms with Crippen molar-refractivity contribution >= 4 is 0 Å². The van der Waals surface area contributed by atoms with E-state index in [1.54, 1.807) is 24.3 Å². The zero-order chi connectivity index (χ0) is 23.1. The van der Waals surface area contributed by atoms with E-state index in [0.717, 1.165) is 16.8 Å². The van der Waals surface area contributed by atoms with Crippen LogP contribution in [0.5, 0.6) is 0 Å². The molecule has 0 amide bonds. The Hall–Kier alpha value is -3.03. The molecular weight excluding hydrogens is 536 g/mol. The van der Waals surface area contributed by atoms with Crippen LogP contribution in [-0.4, -0.2) is 24.7 Å². The van der Waals surface area contributed by atoms with Crippen LogP contribution >= 0.6 is 0 Å². The smallest absolute Gasteiger partial charge is 0.343 e. The van der Waals surface area contributed by atoms with Crippen LogP contribution in [0.3, 0.4) is 0 Å². The Morgan fingerprint density at radius 2 is 1.52 bits per heavy atom. The first-order chi connectivity index (χ1) is 15.1. The third-order valence-corrected chi connectivity index (χ3v) is 4.81. The first kappa shape index (κ1) is 24.6. The van der Waals surface area contributed by atoms with E-state index in [1.807, 2.05) is 13.8 Å². The van der Waals surface area contributed by atoms with Gasteiger partial charge in [0.05, 0.1) is 11.5 Å². The second-order valence-electron chi connectivity index (χ2n) is 7.37. The number of aromatic nitrogens is 5. The predicted octanol–water partition coefficient (Wildman–Crippen LogP) is 4.95. The number of alkyl halides is 3. The van der Waals surface area contributed by atoms with Gasteiger partial charge in [-0.3, -0.25) is 15.1 Å². The molecule has 5 nitrogen and oxygen atoms in total. The first-order valence-corrected chi connectivity index (χ1v) is 9.30. The van der Waals surface area contributed by atoms with Gasteiger partial charge >= 0.3 is 26.6 Å². The molecule has 4 rings (SSSR count). The molecule has 11 heteroatoms. The SMILES string of the molecule is CC(C)(c1cccc(-c2[c-]cc(F)nc2F)n1)c1cccc(-n2[c-]cc(C(F)(F)F)n2)n1.[Pd+2]. The molecule has 0 saturated heterocycles. The molecule has 0 radical (unpaired) electrons. The summed E-state index contributed by atoms with van der Waals surface area (Å²) in [6.07, 6.45) is -2.18. The van der Waals surface area contributed by atoms with Crippen molar-refractivity contribution in [2.24, 2.45) is 0 Å². The fraction of sp³-hybridized carbons (Fsp3) is 0.182. The van der Waals surface area contributed by atoms with Crippen molar-refractivity contribution in [2.75, 3.05) is 0 Å². The van der Waals surface area contributed by atoms with Gasteiger partial charge in [-0.2, -0.15) is 13.2 Å². The van der Waals surface area contributed by atoms with Crippen LogP contribution in [0.25, 0.3) is 17.1 Å². The van der Waals surface area contributed by atoms with Crippen LogP contribution in [0.2, 0.25) is 0 Å². The molecule has 0 aromatic carbocycles. The largest absolute Gasteiger partial charge is 2.00 e. The topological polar surface area (TPSA) is 56.5 Å². The Bertz CT molecular complexity index is 1290. The minimum absolute atomic E-state index is 0. The van der Waals surface area contributed by atoms with Crippen molar-refractivity contribution in [3.63, 3.8) is 0 Å². The summed E-state index contributed by atoms with van der Waals surface area (Å²) in [6.45, 7) is 3.62. The maximum Gasteiger partial charge on any atom is 2.00 e. The number of rotatable bonds is 4. The minimum Gasteiger partial charge on any atom is -0.343 e. The zero-order valence-corrected chi connectivity index (χ0v) is 18.6. The second kappa shape index (κ2) is 9.08. The molecule has 0 unspecified atom stereocenters. The van der Waals surface area contributed by atoms with Gasteiger partial charge in [0, 0.05) is 16.8 Å². The molecule has 0 fully saturated rings. The van der Waals surface area contributed by atoms with Gasteiger partial charge in [0.25, 0.3) is 0 Å². The van der Waals surface area contributed by atoms with E-state index in [2.05, 4.69) is 32.3 Å². The average Bonchev–Trinajstić information content (AvgIpc) is 3.25. The van der Waals surface area contributed by atoms with E-state index in [1.165, 1.54) is 12.1 Å². The summed E-state index contributed by atoms with van der Waals surface area (Å²) in [5.41, 5.74) is -0.806. The third-order valence-electron chi connectivity index (χ3n) is 4.81. The molecule has 172 valence electrons. The van der Waals surface area contributed by atoms with Gasteiger partial charge in [-0.05, 0) is 31.7 Å². The number of hydrogen-bond donors (Lipinski definition) is 0. The van der Waals surface area contributed by atoms with Crippen LogP contribution in [0.1, 0.15) is 30.9 Å². The predicted molar refractivity (Wildman–Crippen MR) is 104 cm³/mol. The Balaban J connectivity index is 0.00000306. The van der Waals surface area contributed by atoms with Gasteiger partial charge in [-0.25, -0.2) is 8.78 Å². The molecule has 0 aliphatic carbocycles. The summed E-state index contributed by atoms with van der Waals surface area (Å²) in [5.74, 6) is -1.89. The van der Waals surface area contributed by atoms with Gasteiger partial charge in [0.2, 0.25) is 0 Å². The molecule has 4 aromatic heterocycles. The molecule has 0 saturated carbocycles. The van der Waals surface area contributed by atoms with Gasteiger partial charge in [-0.15, -0.1) is 12.1 Å². The average molecular weight is 550 g/mol. The minimum atomic E-state index is -4.59. The quantitative estimate of drug-likeness (QED) is 0.157. The molecular formula is C22H14F5N5Pd. The molecule has 0 aliphatic rings. The van der Waals surface area contributed by atoms with Gasteiger partial charge in [0.15, 0.2) is 0 Å². The fourth-order valence-electron chi connectivity index (χ4n) is 3.04. The molecule has 33 heavy (non-hydrogen) atoms. The van der Waals surface area contributed by atoms with Gasteiger partial charge < -0.3 is 9.67 Å². The zero-order valence-electron chi connectivity index (χ0n) is 17.1. The molecule has 0 bridgehead atoms. The van der Waals surface area contributed by atoms with E-state index in [4.69, 9.17) is 0 Å². The Labute approximate surface area is 199 Å². The Morgan fingerprint density at radius 1 is 0.848 bits per heavy atom. The molecule has 4 aromatic rings. The standard InChI is InChI=1S/C22H14F5N5.Pd/c1-21(2,15-6-3-5-14(28-15)13-9-10-18(23)30-20(13)24)16-7-4-8-19(29-16)32-12-11-17(31-32)22(25,26)27;/h3-8,10-11H,1-2H3;/q-2;+2. The summed E-state index contributed by atoms with van der Waals surface area (Å²) in [6, 6.07) is 13.9. The maximum atomic E-state index is 14.1. The molecule has 0 spiro atoms. The number of nitrogens with zero attached hydrogens (tertiary/aromatic N) is 5. The summed E-state index contributed by atoms with van der Waals surface area (Å²) in [7, 11) is 0. The second-order valence-corrected chi connectivity index (χ2v) is 7.37. The van der Waals surface area contributed by atoms with Crippen molar-refractivity contribution in [1.29, 1.82) is 0 Å². The van der Waals surface area contributed by atoms with Gasteiger partial charge in [-0.1, -0.05) is 42.1 Å². The van der Waals surface area contributed by atoms with Gasteiger partial charge in [0.1, 0.15) is 11.9 Å². The van der Waals surface area contributed by atoms with Crippen molar-refractivity contribution in [3.8, 4) is 17.1 Å². The van der Waals surface area contributed by atoms with Crippen molar-refractivity contribution in [1.82, 2.24) is 24.7 Å². The maximum absolute atomic E-state index is 14.1. The van der Waals surface area contributed by atoms with Crippen LogP contribution < -0.4 is 0 Å². The Morgan fingerprint density at radius 3 is 2.15 bits per heavy atom. The van der Waals surface area contributed by atoms with E-state index in [0.29, 0.717) is 11.4 Å². The van der Waals surface area contributed by atoms with Crippen LogP contribution in [-0.2, 0) is 32.0 Å². The molecule has 0 N–H and O–H groups in total. The van der Waals surface area contributed by atoms with Crippen LogP contribution in [0.4, 0.5) is 22.0 Å². The number of halogens is 5. The van der Waals surface area contributed by atoms with Crippen LogP contribution in [0.15, 0.2) is 48.5 Å². The Kier molecular flexibility index (Phi) is 6.77. The molecule has 0 atom stereocenters. The normalized spacial score (nSPS) is 11.8. The van der Waals surface area contributed by atoms with E-state index in [-0.39, 0.29) is 37.5 Å². The number of hydrogen-bond acceptors (Lipinski definition) is 4. The van der Waals surface area contributed by atoms with E-state index < -0.39 is 29.2 Å². The van der Waals surface area contributed by atoms with Crippen molar-refractivity contribution < 1.29 is 42.4 Å². The molecule has 4 heterocycles. The molecule has 0 aliphatic heterocycles. The summed E-state index contributed by atoms with van der Waals surface area (Å²) in [5, 5.41) is 3.49. The van der Waals surface area contributed by atoms with Crippen molar-refractivity contribution in [2.45, 2.75) is 25.4 Å². The fourth-order valence-corrected chi connectivity index (χ4v) is 3.04. The van der Waals surface area contributed by atoms with Crippen LogP contribution in [0, 0.1) is 24.2 Å².